The second-order valence-electron chi connectivity index (χ2n) is 7.76. The van der Waals surface area contributed by atoms with E-state index in [2.05, 4.69) is 20.4 Å². The standard InChI is InChI=1S/C23H25F2N5O2/c1-16(26-21(31)15-32-18-7-3-2-4-8-18)23-28-27-20-10-11-29(12-13-30(20)23)14-17-6-5-9-19(24)22(17)25/h2-9,16H,10-15H2,1H3,(H,26,31)/t16-/m0/s1. The first-order valence-corrected chi connectivity index (χ1v) is 10.6. The van der Waals surface area contributed by atoms with E-state index in [1.165, 1.54) is 6.07 Å². The van der Waals surface area contributed by atoms with Crippen LogP contribution in [0.5, 0.6) is 5.75 Å². The van der Waals surface area contributed by atoms with Crippen LogP contribution in [0.3, 0.4) is 0 Å². The maximum atomic E-state index is 14.0. The third-order valence-corrected chi connectivity index (χ3v) is 5.45. The van der Waals surface area contributed by atoms with Gasteiger partial charge in [0.15, 0.2) is 24.1 Å². The lowest BCUT2D eigenvalue weighted by molar-refractivity contribution is -0.123. The van der Waals surface area contributed by atoms with Crippen molar-refractivity contribution in [3.63, 3.8) is 0 Å². The first-order chi connectivity index (χ1) is 15.5. The molecule has 32 heavy (non-hydrogen) atoms. The number of benzene rings is 2. The summed E-state index contributed by atoms with van der Waals surface area (Å²) in [7, 11) is 0. The summed E-state index contributed by atoms with van der Waals surface area (Å²) < 4.78 is 35.0. The molecule has 1 aliphatic heterocycles. The van der Waals surface area contributed by atoms with Crippen molar-refractivity contribution >= 4 is 5.91 Å². The highest BCUT2D eigenvalue weighted by Crippen LogP contribution is 2.19. The van der Waals surface area contributed by atoms with Crippen molar-refractivity contribution in [2.45, 2.75) is 32.5 Å². The molecule has 168 valence electrons. The molecule has 1 aromatic heterocycles. The number of fused-ring (bicyclic) bond motifs is 1. The molecule has 0 bridgehead atoms. The lowest BCUT2D eigenvalue weighted by Crippen LogP contribution is -2.33. The van der Waals surface area contributed by atoms with Gasteiger partial charge in [0.05, 0.1) is 6.04 Å². The molecule has 7 nitrogen and oxygen atoms in total. The quantitative estimate of drug-likeness (QED) is 0.611. The zero-order chi connectivity index (χ0) is 22.5. The molecule has 0 saturated carbocycles. The fraction of sp³-hybridized carbons (Fsp3) is 0.348. The van der Waals surface area contributed by atoms with E-state index in [0.29, 0.717) is 49.7 Å². The highest BCUT2D eigenvalue weighted by molar-refractivity contribution is 5.77. The molecule has 0 fully saturated rings. The van der Waals surface area contributed by atoms with E-state index < -0.39 is 11.6 Å². The number of carbonyl (C=O) groups excluding carboxylic acids is 1. The Morgan fingerprint density at radius 3 is 2.72 bits per heavy atom. The fourth-order valence-corrected chi connectivity index (χ4v) is 3.79. The molecule has 1 amide bonds. The molecule has 2 aromatic carbocycles. The Kier molecular flexibility index (Phi) is 6.75. The average Bonchev–Trinajstić information content (AvgIpc) is 3.10. The smallest absolute Gasteiger partial charge is 0.258 e. The fourth-order valence-electron chi connectivity index (χ4n) is 3.79. The van der Waals surface area contributed by atoms with E-state index in [4.69, 9.17) is 4.74 Å². The van der Waals surface area contributed by atoms with Gasteiger partial charge in [0.25, 0.3) is 5.91 Å². The summed E-state index contributed by atoms with van der Waals surface area (Å²) in [5.41, 5.74) is 0.335. The van der Waals surface area contributed by atoms with Crippen molar-refractivity contribution in [2.75, 3.05) is 19.7 Å². The van der Waals surface area contributed by atoms with Crippen LogP contribution in [0.2, 0.25) is 0 Å². The van der Waals surface area contributed by atoms with Crippen molar-refractivity contribution in [1.82, 2.24) is 25.0 Å². The van der Waals surface area contributed by atoms with Gasteiger partial charge in [-0.05, 0) is 25.1 Å². The van der Waals surface area contributed by atoms with Crippen molar-refractivity contribution in [1.29, 1.82) is 0 Å². The van der Waals surface area contributed by atoms with Crippen molar-refractivity contribution in [3.05, 3.63) is 77.4 Å². The second kappa shape index (κ2) is 9.86. The normalized spacial score (nSPS) is 15.0. The molecule has 0 unspecified atom stereocenters. The van der Waals surface area contributed by atoms with Gasteiger partial charge in [-0.15, -0.1) is 10.2 Å². The highest BCUT2D eigenvalue weighted by atomic mass is 19.2. The number of amides is 1. The maximum absolute atomic E-state index is 14.0. The summed E-state index contributed by atoms with van der Waals surface area (Å²) in [5.74, 6) is 0.205. The van der Waals surface area contributed by atoms with E-state index in [1.54, 1.807) is 18.2 Å². The first-order valence-electron chi connectivity index (χ1n) is 10.6. The van der Waals surface area contributed by atoms with Gasteiger partial charge in [-0.3, -0.25) is 9.69 Å². The number of hydrogen-bond acceptors (Lipinski definition) is 5. The summed E-state index contributed by atoms with van der Waals surface area (Å²) in [6.07, 6.45) is 0.627. The van der Waals surface area contributed by atoms with Gasteiger partial charge in [0, 0.05) is 38.2 Å². The van der Waals surface area contributed by atoms with Crippen molar-refractivity contribution in [2.24, 2.45) is 0 Å². The van der Waals surface area contributed by atoms with E-state index >= 15 is 0 Å². The Labute approximate surface area is 185 Å². The largest absolute Gasteiger partial charge is 0.484 e. The van der Waals surface area contributed by atoms with E-state index in [9.17, 15) is 13.6 Å². The SMILES string of the molecule is C[C@H](NC(=O)COc1ccccc1)c1nnc2n1CCN(Cc1cccc(F)c1F)CC2. The van der Waals surface area contributed by atoms with Crippen molar-refractivity contribution < 1.29 is 18.3 Å². The molecular weight excluding hydrogens is 416 g/mol. The molecule has 4 rings (SSSR count). The van der Waals surface area contributed by atoms with Gasteiger partial charge in [-0.25, -0.2) is 8.78 Å². The third kappa shape index (κ3) is 5.11. The molecule has 1 atom stereocenters. The van der Waals surface area contributed by atoms with E-state index in [-0.39, 0.29) is 18.6 Å². The van der Waals surface area contributed by atoms with Crippen LogP contribution >= 0.6 is 0 Å². The highest BCUT2D eigenvalue weighted by Gasteiger charge is 2.23. The number of halogens is 2. The molecule has 2 heterocycles. The molecule has 0 aliphatic carbocycles. The van der Waals surface area contributed by atoms with Gasteiger partial charge < -0.3 is 14.6 Å². The predicted octanol–water partition coefficient (Wildman–Crippen LogP) is 2.87. The Bertz CT molecular complexity index is 1070. The van der Waals surface area contributed by atoms with Crippen LogP contribution in [-0.4, -0.2) is 45.3 Å². The minimum atomic E-state index is -0.836. The van der Waals surface area contributed by atoms with E-state index in [0.717, 1.165) is 11.9 Å². The van der Waals surface area contributed by atoms with Gasteiger partial charge >= 0.3 is 0 Å². The zero-order valence-corrected chi connectivity index (χ0v) is 17.8. The summed E-state index contributed by atoms with van der Waals surface area (Å²) in [6, 6.07) is 13.0. The minimum absolute atomic E-state index is 0.0949. The number of rotatable bonds is 7. The summed E-state index contributed by atoms with van der Waals surface area (Å²) >= 11 is 0. The van der Waals surface area contributed by atoms with Crippen LogP contribution in [0.25, 0.3) is 0 Å². The molecule has 3 aromatic rings. The number of nitrogens with one attached hydrogen (secondary N) is 1. The molecule has 0 radical (unpaired) electrons. The third-order valence-electron chi connectivity index (χ3n) is 5.45. The van der Waals surface area contributed by atoms with Gasteiger partial charge in [0.2, 0.25) is 0 Å². The van der Waals surface area contributed by atoms with E-state index in [1.807, 2.05) is 29.7 Å². The van der Waals surface area contributed by atoms with Crippen LogP contribution in [0.15, 0.2) is 48.5 Å². The van der Waals surface area contributed by atoms with Crippen LogP contribution in [0, 0.1) is 11.6 Å². The number of nitrogens with zero attached hydrogens (tertiary/aromatic N) is 4. The lowest BCUT2D eigenvalue weighted by atomic mass is 10.2. The van der Waals surface area contributed by atoms with Crippen molar-refractivity contribution in [3.8, 4) is 5.75 Å². The lowest BCUT2D eigenvalue weighted by Gasteiger charge is -2.20. The van der Waals surface area contributed by atoms with Crippen LogP contribution in [-0.2, 0) is 24.3 Å². The number of para-hydroxylation sites is 1. The molecule has 1 aliphatic rings. The second-order valence-corrected chi connectivity index (χ2v) is 7.76. The zero-order valence-electron chi connectivity index (χ0n) is 17.8. The maximum Gasteiger partial charge on any atom is 0.258 e. The van der Waals surface area contributed by atoms with Gasteiger partial charge in [-0.2, -0.15) is 0 Å². The van der Waals surface area contributed by atoms with Crippen LogP contribution in [0.1, 0.15) is 30.2 Å². The van der Waals surface area contributed by atoms with Gasteiger partial charge in [-0.1, -0.05) is 30.3 Å². The summed E-state index contributed by atoms with van der Waals surface area (Å²) in [4.78, 5) is 14.4. The summed E-state index contributed by atoms with van der Waals surface area (Å²) in [6.45, 7) is 3.95. The predicted molar refractivity (Wildman–Crippen MR) is 114 cm³/mol. The minimum Gasteiger partial charge on any atom is -0.484 e. The molecular formula is C23H25F2N5O2. The number of hydrogen-bond donors (Lipinski definition) is 1. The Hall–Kier alpha value is -3.33. The number of carbonyl (C=O) groups is 1. The van der Waals surface area contributed by atoms with Gasteiger partial charge in [0.1, 0.15) is 11.6 Å². The first kappa shape index (κ1) is 21.9. The molecule has 0 spiro atoms. The molecule has 0 saturated heterocycles. The molecule has 1 N–H and O–H groups in total. The monoisotopic (exact) mass is 441 g/mol. The summed E-state index contributed by atoms with van der Waals surface area (Å²) in [5, 5.41) is 11.5. The van der Waals surface area contributed by atoms with Crippen LogP contribution < -0.4 is 10.1 Å². The van der Waals surface area contributed by atoms with Crippen LogP contribution in [0.4, 0.5) is 8.78 Å². The number of ether oxygens (including phenoxy) is 1. The Morgan fingerprint density at radius 2 is 1.91 bits per heavy atom. The molecule has 9 heteroatoms. The Balaban J connectivity index is 1.35. The topological polar surface area (TPSA) is 72.3 Å². The Morgan fingerprint density at radius 1 is 1.09 bits per heavy atom. The average molecular weight is 441 g/mol. The number of aromatic nitrogens is 3.